The third-order valence-electron chi connectivity index (χ3n) is 4.89. The molecule has 4 rings (SSSR count). The number of rotatable bonds is 4. The topological polar surface area (TPSA) is 71.0 Å². The standard InChI is InChI=1S/C21H21N3O3/c25-20(24-12-6-10-16-9-4-5-11-18(16)24)14-22-21(26)19-13-17(23-27-19)15-7-2-1-3-8-15/h1-5,7-9,11,19H,6,10,12-14H2,(H,22,26)/t19-/m1/s1. The first-order valence-corrected chi connectivity index (χ1v) is 9.16. The number of hydrogen-bond donors (Lipinski definition) is 1. The monoisotopic (exact) mass is 363 g/mol. The molecule has 2 aromatic rings. The van der Waals surface area contributed by atoms with E-state index in [-0.39, 0.29) is 18.4 Å². The van der Waals surface area contributed by atoms with Crippen LogP contribution in [0.1, 0.15) is 24.0 Å². The molecule has 0 radical (unpaired) electrons. The molecule has 2 amide bonds. The van der Waals surface area contributed by atoms with Crippen molar-refractivity contribution in [3.8, 4) is 0 Å². The number of anilines is 1. The summed E-state index contributed by atoms with van der Waals surface area (Å²) >= 11 is 0. The largest absolute Gasteiger partial charge is 0.382 e. The first kappa shape index (κ1) is 17.3. The molecule has 2 aliphatic heterocycles. The van der Waals surface area contributed by atoms with Gasteiger partial charge in [0.2, 0.25) is 12.0 Å². The van der Waals surface area contributed by atoms with Gasteiger partial charge in [-0.25, -0.2) is 0 Å². The van der Waals surface area contributed by atoms with Gasteiger partial charge in [-0.05, 0) is 30.0 Å². The van der Waals surface area contributed by atoms with Crippen molar-refractivity contribution in [1.82, 2.24) is 5.32 Å². The molecule has 0 saturated carbocycles. The Morgan fingerprint density at radius 3 is 2.74 bits per heavy atom. The molecule has 0 unspecified atom stereocenters. The van der Waals surface area contributed by atoms with Gasteiger partial charge in [0.25, 0.3) is 5.91 Å². The molecular weight excluding hydrogens is 342 g/mol. The molecule has 0 fully saturated rings. The number of carbonyl (C=O) groups excluding carboxylic acids is 2. The van der Waals surface area contributed by atoms with E-state index in [1.165, 1.54) is 5.56 Å². The zero-order chi connectivity index (χ0) is 18.6. The summed E-state index contributed by atoms with van der Waals surface area (Å²) in [6.45, 7) is 0.626. The summed E-state index contributed by atoms with van der Waals surface area (Å²) in [5.74, 6) is -0.430. The molecule has 2 aromatic carbocycles. The van der Waals surface area contributed by atoms with Crippen molar-refractivity contribution < 1.29 is 14.4 Å². The lowest BCUT2D eigenvalue weighted by molar-refractivity contribution is -0.132. The lowest BCUT2D eigenvalue weighted by atomic mass is 10.0. The van der Waals surface area contributed by atoms with Crippen LogP contribution in [0.5, 0.6) is 0 Å². The van der Waals surface area contributed by atoms with Crippen LogP contribution in [0.2, 0.25) is 0 Å². The van der Waals surface area contributed by atoms with E-state index in [0.29, 0.717) is 13.0 Å². The van der Waals surface area contributed by atoms with E-state index >= 15 is 0 Å². The van der Waals surface area contributed by atoms with Crippen molar-refractivity contribution in [2.24, 2.45) is 5.16 Å². The van der Waals surface area contributed by atoms with Crippen molar-refractivity contribution in [3.63, 3.8) is 0 Å². The smallest absolute Gasteiger partial charge is 0.264 e. The van der Waals surface area contributed by atoms with Gasteiger partial charge in [0.1, 0.15) is 0 Å². The third-order valence-corrected chi connectivity index (χ3v) is 4.89. The Hall–Kier alpha value is -3.15. The molecule has 2 aliphatic rings. The van der Waals surface area contributed by atoms with E-state index in [9.17, 15) is 9.59 Å². The summed E-state index contributed by atoms with van der Waals surface area (Å²) < 4.78 is 0. The summed E-state index contributed by atoms with van der Waals surface area (Å²) in [5.41, 5.74) is 3.79. The number of para-hydroxylation sites is 1. The van der Waals surface area contributed by atoms with Crippen LogP contribution in [-0.2, 0) is 20.8 Å². The van der Waals surface area contributed by atoms with Gasteiger partial charge in [0, 0.05) is 18.7 Å². The van der Waals surface area contributed by atoms with Crippen LogP contribution in [0.15, 0.2) is 59.8 Å². The second-order valence-electron chi connectivity index (χ2n) is 6.70. The van der Waals surface area contributed by atoms with Crippen LogP contribution in [0.3, 0.4) is 0 Å². The Bertz CT molecular complexity index is 879. The van der Waals surface area contributed by atoms with Crippen LogP contribution >= 0.6 is 0 Å². The molecule has 0 bridgehead atoms. The maximum absolute atomic E-state index is 12.6. The number of oxime groups is 1. The Balaban J connectivity index is 1.32. The molecule has 0 aliphatic carbocycles. The molecule has 0 aromatic heterocycles. The van der Waals surface area contributed by atoms with E-state index in [4.69, 9.17) is 4.84 Å². The van der Waals surface area contributed by atoms with Crippen molar-refractivity contribution in [2.45, 2.75) is 25.4 Å². The van der Waals surface area contributed by atoms with Gasteiger partial charge < -0.3 is 15.1 Å². The molecule has 0 saturated heterocycles. The lowest BCUT2D eigenvalue weighted by Gasteiger charge is -2.29. The molecule has 6 nitrogen and oxygen atoms in total. The Morgan fingerprint density at radius 1 is 1.11 bits per heavy atom. The number of aryl methyl sites for hydroxylation is 1. The van der Waals surface area contributed by atoms with Crippen molar-refractivity contribution >= 4 is 23.2 Å². The minimum Gasteiger partial charge on any atom is -0.382 e. The van der Waals surface area contributed by atoms with Gasteiger partial charge in [-0.15, -0.1) is 0 Å². The number of fused-ring (bicyclic) bond motifs is 1. The Kier molecular flexibility index (Phi) is 4.87. The quantitative estimate of drug-likeness (QED) is 0.906. The SMILES string of the molecule is O=C(NCC(=O)N1CCCc2ccccc21)[C@H]1CC(c2ccccc2)=NO1. The maximum Gasteiger partial charge on any atom is 0.264 e. The number of benzene rings is 2. The van der Waals surface area contributed by atoms with Gasteiger partial charge in [0.05, 0.1) is 12.3 Å². The maximum atomic E-state index is 12.6. The minimum atomic E-state index is -0.693. The molecule has 6 heteroatoms. The molecule has 27 heavy (non-hydrogen) atoms. The van der Waals surface area contributed by atoms with Gasteiger partial charge in [-0.2, -0.15) is 0 Å². The van der Waals surface area contributed by atoms with Gasteiger partial charge in [-0.1, -0.05) is 53.7 Å². The highest BCUT2D eigenvalue weighted by Crippen LogP contribution is 2.26. The zero-order valence-corrected chi connectivity index (χ0v) is 14.9. The fourth-order valence-corrected chi connectivity index (χ4v) is 3.48. The van der Waals surface area contributed by atoms with Crippen LogP contribution < -0.4 is 10.2 Å². The number of amides is 2. The van der Waals surface area contributed by atoms with E-state index < -0.39 is 6.10 Å². The molecule has 2 heterocycles. The van der Waals surface area contributed by atoms with E-state index in [1.54, 1.807) is 4.90 Å². The lowest BCUT2D eigenvalue weighted by Crippen LogP contribution is -2.45. The summed E-state index contributed by atoms with van der Waals surface area (Å²) in [6, 6.07) is 17.5. The van der Waals surface area contributed by atoms with Crippen LogP contribution in [0, 0.1) is 0 Å². The summed E-state index contributed by atoms with van der Waals surface area (Å²) in [5, 5.41) is 6.71. The van der Waals surface area contributed by atoms with Gasteiger partial charge in [0.15, 0.2) is 0 Å². The highest BCUT2D eigenvalue weighted by molar-refractivity contribution is 6.04. The average Bonchev–Trinajstić information content (AvgIpc) is 3.22. The fraction of sp³-hybridized carbons (Fsp3) is 0.286. The van der Waals surface area contributed by atoms with Gasteiger partial charge in [-0.3, -0.25) is 9.59 Å². The third kappa shape index (κ3) is 3.69. The summed E-state index contributed by atoms with van der Waals surface area (Å²) in [4.78, 5) is 32.0. The molecule has 138 valence electrons. The van der Waals surface area contributed by atoms with Crippen molar-refractivity contribution in [1.29, 1.82) is 0 Å². The molecule has 0 spiro atoms. The molecular formula is C21H21N3O3. The first-order valence-electron chi connectivity index (χ1n) is 9.16. The van der Waals surface area contributed by atoms with Crippen molar-refractivity contribution in [2.75, 3.05) is 18.0 Å². The molecule has 1 atom stereocenters. The molecule has 1 N–H and O–H groups in total. The van der Waals surface area contributed by atoms with Gasteiger partial charge >= 0.3 is 0 Å². The van der Waals surface area contributed by atoms with E-state index in [1.807, 2.05) is 54.6 Å². The number of nitrogens with one attached hydrogen (secondary N) is 1. The number of carbonyl (C=O) groups is 2. The Labute approximate surface area is 157 Å². The van der Waals surface area contributed by atoms with Crippen LogP contribution in [0.25, 0.3) is 0 Å². The predicted molar refractivity (Wildman–Crippen MR) is 103 cm³/mol. The number of hydrogen-bond acceptors (Lipinski definition) is 4. The second-order valence-corrected chi connectivity index (χ2v) is 6.70. The Morgan fingerprint density at radius 2 is 1.89 bits per heavy atom. The fourth-order valence-electron chi connectivity index (χ4n) is 3.48. The summed E-state index contributed by atoms with van der Waals surface area (Å²) in [7, 11) is 0. The highest BCUT2D eigenvalue weighted by Gasteiger charge is 2.30. The normalized spacial score (nSPS) is 18.3. The van der Waals surface area contributed by atoms with Crippen LogP contribution in [-0.4, -0.2) is 36.7 Å². The average molecular weight is 363 g/mol. The van der Waals surface area contributed by atoms with Crippen molar-refractivity contribution in [3.05, 3.63) is 65.7 Å². The van der Waals surface area contributed by atoms with Crippen LogP contribution in [0.4, 0.5) is 5.69 Å². The number of nitrogens with zero attached hydrogens (tertiary/aromatic N) is 2. The first-order chi connectivity index (χ1) is 13.2. The highest BCUT2D eigenvalue weighted by atomic mass is 16.6. The zero-order valence-electron chi connectivity index (χ0n) is 14.9. The predicted octanol–water partition coefficient (Wildman–Crippen LogP) is 2.28. The van der Waals surface area contributed by atoms with E-state index in [2.05, 4.69) is 10.5 Å². The van der Waals surface area contributed by atoms with E-state index in [0.717, 1.165) is 29.8 Å². The minimum absolute atomic E-state index is 0.0479. The second kappa shape index (κ2) is 7.61. The summed E-state index contributed by atoms with van der Waals surface area (Å²) in [6.07, 6.45) is 1.61.